The Labute approximate surface area is 246 Å². The lowest BCUT2D eigenvalue weighted by Gasteiger charge is -2.51. The van der Waals surface area contributed by atoms with Crippen molar-refractivity contribution in [2.24, 2.45) is 17.3 Å². The zero-order chi connectivity index (χ0) is 30.7. The van der Waals surface area contributed by atoms with E-state index in [0.717, 1.165) is 5.56 Å². The minimum absolute atomic E-state index is 0.135. The summed E-state index contributed by atoms with van der Waals surface area (Å²) in [5.74, 6) is -3.11. The van der Waals surface area contributed by atoms with Crippen LogP contribution in [0.25, 0.3) is 0 Å². The number of halogens is 1. The molecule has 41 heavy (non-hydrogen) atoms. The number of rotatable bonds is 9. The van der Waals surface area contributed by atoms with Crippen LogP contribution in [-0.2, 0) is 15.2 Å². The highest BCUT2D eigenvalue weighted by atomic mass is 35.5. The molecule has 0 spiro atoms. The van der Waals surface area contributed by atoms with Crippen LogP contribution in [0.3, 0.4) is 0 Å². The van der Waals surface area contributed by atoms with Crippen LogP contribution in [-0.4, -0.2) is 64.0 Å². The van der Waals surface area contributed by atoms with E-state index in [1.807, 2.05) is 27.7 Å². The maximum atomic E-state index is 13.7. The second kappa shape index (κ2) is 12.6. The molecule has 10 heteroatoms. The molecule has 3 rings (SSSR count). The highest BCUT2D eigenvalue weighted by Crippen LogP contribution is 2.46. The summed E-state index contributed by atoms with van der Waals surface area (Å²) in [6.07, 6.45) is 0.316. The monoisotopic (exact) mass is 585 g/mol. The molecule has 2 aromatic rings. The molecule has 0 unspecified atom stereocenters. The first kappa shape index (κ1) is 32.1. The van der Waals surface area contributed by atoms with Crippen molar-refractivity contribution in [1.29, 1.82) is 0 Å². The maximum absolute atomic E-state index is 13.7. The van der Waals surface area contributed by atoms with E-state index in [9.17, 15) is 29.4 Å². The number of piperidine rings is 1. The lowest BCUT2D eigenvalue weighted by atomic mass is 9.66. The average Bonchev–Trinajstić information content (AvgIpc) is 2.91. The quantitative estimate of drug-likeness (QED) is 0.350. The molecule has 0 aromatic heterocycles. The molecule has 2 aromatic carbocycles. The van der Waals surface area contributed by atoms with Gasteiger partial charge in [0.2, 0.25) is 5.91 Å². The number of carboxylic acids is 1. The molecule has 1 saturated heterocycles. The second-order valence-electron chi connectivity index (χ2n) is 12.1. The Kier molecular flexibility index (Phi) is 9.87. The number of aliphatic hydroxyl groups is 1. The summed E-state index contributed by atoms with van der Waals surface area (Å²) in [6.45, 7) is 11.5. The van der Waals surface area contributed by atoms with Gasteiger partial charge in [0.1, 0.15) is 12.1 Å². The zero-order valence-electron chi connectivity index (χ0n) is 24.4. The molecule has 222 valence electrons. The Morgan fingerprint density at radius 2 is 1.39 bits per heavy atom. The Morgan fingerprint density at radius 3 is 1.85 bits per heavy atom. The predicted octanol–water partition coefficient (Wildman–Crippen LogP) is 4.08. The zero-order valence-corrected chi connectivity index (χ0v) is 25.2. The highest BCUT2D eigenvalue weighted by molar-refractivity contribution is 6.30. The number of amides is 3. The number of carbonyl (C=O) groups is 4. The lowest BCUT2D eigenvalue weighted by molar-refractivity contribution is -0.155. The normalized spacial score (nSPS) is 19.9. The van der Waals surface area contributed by atoms with Gasteiger partial charge >= 0.3 is 5.97 Å². The summed E-state index contributed by atoms with van der Waals surface area (Å²) in [6, 6.07) is 11.1. The van der Waals surface area contributed by atoms with Crippen molar-refractivity contribution in [3.63, 3.8) is 0 Å². The minimum atomic E-state index is -1.17. The third-order valence-corrected chi connectivity index (χ3v) is 8.16. The molecule has 3 atom stereocenters. The fraction of sp³-hybridized carbons (Fsp3) is 0.484. The first-order valence-electron chi connectivity index (χ1n) is 13.8. The van der Waals surface area contributed by atoms with Crippen LogP contribution in [0.5, 0.6) is 0 Å². The van der Waals surface area contributed by atoms with Crippen molar-refractivity contribution < 1.29 is 29.4 Å². The van der Waals surface area contributed by atoms with Gasteiger partial charge in [-0.2, -0.15) is 0 Å². The van der Waals surface area contributed by atoms with E-state index in [2.05, 4.69) is 10.6 Å². The van der Waals surface area contributed by atoms with Crippen molar-refractivity contribution in [3.8, 4) is 0 Å². The number of carboxylic acid groups (broad SMARTS) is 1. The van der Waals surface area contributed by atoms with Crippen molar-refractivity contribution in [2.45, 2.75) is 65.6 Å². The number of aliphatic carboxylic acids is 1. The molecule has 1 aliphatic rings. The number of carbonyl (C=O) groups excluding carboxylic acids is 3. The summed E-state index contributed by atoms with van der Waals surface area (Å²) in [4.78, 5) is 52.8. The summed E-state index contributed by atoms with van der Waals surface area (Å²) in [5.41, 5.74) is -0.813. The summed E-state index contributed by atoms with van der Waals surface area (Å²) in [5, 5.41) is 27.0. The Morgan fingerprint density at radius 1 is 0.878 bits per heavy atom. The number of hydrogen-bond acceptors (Lipinski definition) is 5. The third kappa shape index (κ3) is 7.08. The summed E-state index contributed by atoms with van der Waals surface area (Å²) < 4.78 is 0. The van der Waals surface area contributed by atoms with Gasteiger partial charge in [0.05, 0.1) is 5.60 Å². The third-order valence-electron chi connectivity index (χ3n) is 7.91. The number of benzene rings is 2. The summed E-state index contributed by atoms with van der Waals surface area (Å²) in [7, 11) is 0. The van der Waals surface area contributed by atoms with E-state index in [0.29, 0.717) is 18.0 Å². The van der Waals surface area contributed by atoms with Gasteiger partial charge in [-0.3, -0.25) is 14.4 Å². The van der Waals surface area contributed by atoms with Crippen molar-refractivity contribution in [2.75, 3.05) is 13.1 Å². The van der Waals surface area contributed by atoms with Gasteiger partial charge in [-0.05, 0) is 54.2 Å². The molecule has 0 bridgehead atoms. The van der Waals surface area contributed by atoms with E-state index in [1.54, 1.807) is 43.0 Å². The van der Waals surface area contributed by atoms with Crippen LogP contribution in [0, 0.1) is 17.3 Å². The first-order valence-corrected chi connectivity index (χ1v) is 14.2. The Bertz CT molecular complexity index is 1290. The second-order valence-corrected chi connectivity index (χ2v) is 12.5. The van der Waals surface area contributed by atoms with Crippen molar-refractivity contribution >= 4 is 35.3 Å². The number of hydrogen-bond donors (Lipinski definition) is 4. The Hall–Kier alpha value is -3.43. The number of likely N-dealkylation sites (tertiary alicyclic amines) is 1. The largest absolute Gasteiger partial charge is 0.480 e. The van der Waals surface area contributed by atoms with Gasteiger partial charge < -0.3 is 25.7 Å². The van der Waals surface area contributed by atoms with E-state index in [4.69, 9.17) is 11.6 Å². The van der Waals surface area contributed by atoms with Gasteiger partial charge in [0.15, 0.2) is 0 Å². The van der Waals surface area contributed by atoms with Gasteiger partial charge in [0, 0.05) is 34.7 Å². The molecule has 0 saturated carbocycles. The van der Waals surface area contributed by atoms with Crippen LogP contribution in [0.2, 0.25) is 5.02 Å². The maximum Gasteiger partial charge on any atom is 0.326 e. The first-order chi connectivity index (χ1) is 19.1. The average molecular weight is 586 g/mol. The van der Waals surface area contributed by atoms with Gasteiger partial charge in [0.25, 0.3) is 11.8 Å². The van der Waals surface area contributed by atoms with Crippen LogP contribution < -0.4 is 10.6 Å². The molecular weight excluding hydrogens is 546 g/mol. The summed E-state index contributed by atoms with van der Waals surface area (Å²) >= 11 is 6.04. The lowest BCUT2D eigenvalue weighted by Crippen LogP contribution is -2.60. The van der Waals surface area contributed by atoms with Crippen molar-refractivity contribution in [1.82, 2.24) is 15.5 Å². The van der Waals surface area contributed by atoms with E-state index < -0.39 is 40.9 Å². The van der Waals surface area contributed by atoms with Gasteiger partial charge in [-0.15, -0.1) is 0 Å². The number of nitrogens with one attached hydrogen (secondary N) is 2. The van der Waals surface area contributed by atoms with Gasteiger partial charge in [-0.25, -0.2) is 4.79 Å². The molecule has 1 fully saturated rings. The molecule has 0 radical (unpaired) electrons. The van der Waals surface area contributed by atoms with Crippen LogP contribution >= 0.6 is 11.6 Å². The minimum Gasteiger partial charge on any atom is -0.480 e. The van der Waals surface area contributed by atoms with E-state index >= 15 is 0 Å². The van der Waals surface area contributed by atoms with Crippen LogP contribution in [0.1, 0.15) is 74.2 Å². The van der Waals surface area contributed by atoms with E-state index in [-0.39, 0.29) is 35.4 Å². The molecular formula is C31H40ClN3O6. The van der Waals surface area contributed by atoms with Gasteiger partial charge in [-0.1, -0.05) is 71.3 Å². The predicted molar refractivity (Wildman–Crippen MR) is 157 cm³/mol. The molecule has 4 N–H and O–H groups in total. The SMILES string of the molecule is CC(C)[C@H](NC(=O)c1cccc(C(=O)N[C@@H](C(=O)N2CC[C@](O)(c3ccc(Cl)cc3)C(C)(C)C2)C(C)C)c1)C(=O)O. The molecule has 0 aliphatic carbocycles. The topological polar surface area (TPSA) is 136 Å². The van der Waals surface area contributed by atoms with E-state index in [1.165, 1.54) is 24.3 Å². The standard InChI is InChI=1S/C31H40ClN3O6/c1-18(2)24(28(38)35-15-14-31(41,30(5,6)17-35)22-10-12-23(32)13-11-22)33-26(36)20-8-7-9-21(16-20)27(37)34-25(19(3)4)29(39)40/h7-13,16,18-19,24-25,41H,14-15,17H2,1-6H3,(H,33,36)(H,34,37)(H,39,40)/t24-,25+,31+/m1/s1. The molecule has 3 amide bonds. The Balaban J connectivity index is 1.75. The number of nitrogens with zero attached hydrogens (tertiary/aromatic N) is 1. The molecule has 1 aliphatic heterocycles. The molecule has 9 nitrogen and oxygen atoms in total. The highest BCUT2D eigenvalue weighted by Gasteiger charge is 2.50. The van der Waals surface area contributed by atoms with Crippen LogP contribution in [0.4, 0.5) is 0 Å². The fourth-order valence-corrected chi connectivity index (χ4v) is 5.37. The smallest absolute Gasteiger partial charge is 0.326 e. The van der Waals surface area contributed by atoms with Crippen molar-refractivity contribution in [3.05, 3.63) is 70.2 Å². The van der Waals surface area contributed by atoms with Crippen LogP contribution in [0.15, 0.2) is 48.5 Å². The molecule has 1 heterocycles. The fourth-order valence-electron chi connectivity index (χ4n) is 5.25.